The fourth-order valence-electron chi connectivity index (χ4n) is 2.27. The Balaban J connectivity index is 1.39. The van der Waals surface area contributed by atoms with Crippen LogP contribution in [0.25, 0.3) is 11.4 Å². The molecular formula is C19H15Cl3N4O4. The van der Waals surface area contributed by atoms with Crippen molar-refractivity contribution in [3.8, 4) is 17.1 Å². The normalized spacial score (nSPS) is 10.5. The quantitative estimate of drug-likeness (QED) is 0.488. The van der Waals surface area contributed by atoms with Crippen molar-refractivity contribution < 1.29 is 18.8 Å². The molecule has 0 saturated heterocycles. The van der Waals surface area contributed by atoms with Gasteiger partial charge in [0, 0.05) is 28.7 Å². The van der Waals surface area contributed by atoms with Crippen molar-refractivity contribution in [1.29, 1.82) is 0 Å². The van der Waals surface area contributed by atoms with E-state index in [-0.39, 0.29) is 37.3 Å². The largest absolute Gasteiger partial charge is 0.482 e. The number of carbonyl (C=O) groups is 2. The lowest BCUT2D eigenvalue weighted by Crippen LogP contribution is -2.36. The van der Waals surface area contributed by atoms with E-state index in [0.717, 1.165) is 0 Å². The van der Waals surface area contributed by atoms with E-state index in [0.29, 0.717) is 26.4 Å². The van der Waals surface area contributed by atoms with Gasteiger partial charge in [-0.15, -0.1) is 0 Å². The highest BCUT2D eigenvalue weighted by Gasteiger charge is 2.16. The summed E-state index contributed by atoms with van der Waals surface area (Å²) in [7, 11) is 0. The monoisotopic (exact) mass is 468 g/mol. The van der Waals surface area contributed by atoms with Gasteiger partial charge in [-0.2, -0.15) is 4.98 Å². The van der Waals surface area contributed by atoms with Gasteiger partial charge in [0.05, 0.1) is 5.02 Å². The fourth-order valence-corrected chi connectivity index (χ4v) is 2.86. The first-order valence-electron chi connectivity index (χ1n) is 8.65. The lowest BCUT2D eigenvalue weighted by molar-refractivity contribution is -0.123. The average molecular weight is 470 g/mol. The number of ether oxygens (including phenoxy) is 1. The molecule has 156 valence electrons. The molecule has 0 atom stereocenters. The predicted octanol–water partition coefficient (Wildman–Crippen LogP) is 3.62. The molecule has 2 amide bonds. The molecule has 2 N–H and O–H groups in total. The van der Waals surface area contributed by atoms with E-state index >= 15 is 0 Å². The maximum absolute atomic E-state index is 12.1. The molecular weight excluding hydrogens is 455 g/mol. The van der Waals surface area contributed by atoms with Crippen LogP contribution in [0.4, 0.5) is 0 Å². The Morgan fingerprint density at radius 2 is 1.67 bits per heavy atom. The number of hydrogen-bond acceptors (Lipinski definition) is 6. The third-order valence-electron chi connectivity index (χ3n) is 3.71. The molecule has 1 aromatic heterocycles. The van der Waals surface area contributed by atoms with Gasteiger partial charge >= 0.3 is 11.8 Å². The molecule has 11 heteroatoms. The van der Waals surface area contributed by atoms with Gasteiger partial charge in [0.1, 0.15) is 5.75 Å². The molecule has 3 aromatic rings. The van der Waals surface area contributed by atoms with E-state index in [2.05, 4.69) is 20.8 Å². The third-order valence-corrected chi connectivity index (χ3v) is 4.49. The summed E-state index contributed by atoms with van der Waals surface area (Å²) in [5.41, 5.74) is 0.662. The van der Waals surface area contributed by atoms with Gasteiger partial charge in [-0.3, -0.25) is 9.59 Å². The summed E-state index contributed by atoms with van der Waals surface area (Å²) in [6.07, 6.45) is 0. The van der Waals surface area contributed by atoms with E-state index in [1.165, 1.54) is 6.07 Å². The Bertz CT molecular complexity index is 1040. The Morgan fingerprint density at radius 3 is 2.40 bits per heavy atom. The maximum atomic E-state index is 12.1. The zero-order valence-electron chi connectivity index (χ0n) is 15.3. The zero-order valence-corrected chi connectivity index (χ0v) is 17.6. The molecule has 0 aliphatic heterocycles. The molecule has 0 saturated carbocycles. The van der Waals surface area contributed by atoms with Gasteiger partial charge in [-0.1, -0.05) is 40.0 Å². The first-order chi connectivity index (χ1) is 14.4. The summed E-state index contributed by atoms with van der Waals surface area (Å²) in [6, 6.07) is 11.5. The summed E-state index contributed by atoms with van der Waals surface area (Å²) in [6.45, 7) is 0.106. The smallest absolute Gasteiger partial charge is 0.316 e. The van der Waals surface area contributed by atoms with Crippen LogP contribution >= 0.6 is 34.8 Å². The second-order valence-electron chi connectivity index (χ2n) is 5.90. The number of amides is 2. The van der Waals surface area contributed by atoms with Crippen molar-refractivity contribution in [2.75, 3.05) is 19.7 Å². The topological polar surface area (TPSA) is 106 Å². The summed E-state index contributed by atoms with van der Waals surface area (Å²) >= 11 is 17.6. The Kier molecular flexibility index (Phi) is 7.51. The van der Waals surface area contributed by atoms with Crippen LogP contribution in [-0.4, -0.2) is 41.7 Å². The number of hydrogen-bond donors (Lipinski definition) is 2. The number of aromatic nitrogens is 2. The Morgan fingerprint density at radius 1 is 0.967 bits per heavy atom. The van der Waals surface area contributed by atoms with Gasteiger partial charge in [0.2, 0.25) is 5.82 Å². The molecule has 0 fully saturated rings. The zero-order chi connectivity index (χ0) is 21.5. The lowest BCUT2D eigenvalue weighted by Gasteiger charge is -2.09. The SMILES string of the molecule is O=C(COc1ccc(Cl)cc1Cl)NCCNC(=O)c1nc(-c2ccc(Cl)cc2)no1. The van der Waals surface area contributed by atoms with Gasteiger partial charge in [-0.05, 0) is 42.5 Å². The van der Waals surface area contributed by atoms with Gasteiger partial charge in [0.15, 0.2) is 6.61 Å². The van der Waals surface area contributed by atoms with E-state index < -0.39 is 5.91 Å². The average Bonchev–Trinajstić information content (AvgIpc) is 3.21. The molecule has 30 heavy (non-hydrogen) atoms. The standard InChI is InChI=1S/C19H15Cl3N4O4/c20-12-3-1-11(2-4-12)17-25-19(30-26-17)18(28)24-8-7-23-16(27)10-29-15-6-5-13(21)9-14(15)22/h1-6,9H,7-8,10H2,(H,23,27)(H,24,28). The second-order valence-corrected chi connectivity index (χ2v) is 7.18. The molecule has 0 spiro atoms. The minimum Gasteiger partial charge on any atom is -0.482 e. The van der Waals surface area contributed by atoms with Crippen LogP contribution in [0.5, 0.6) is 5.75 Å². The van der Waals surface area contributed by atoms with Crippen LogP contribution in [0.2, 0.25) is 15.1 Å². The second kappa shape index (κ2) is 10.3. The molecule has 2 aromatic carbocycles. The number of rotatable bonds is 8. The van der Waals surface area contributed by atoms with Crippen molar-refractivity contribution in [2.24, 2.45) is 0 Å². The van der Waals surface area contributed by atoms with Crippen LogP contribution in [0.15, 0.2) is 47.0 Å². The maximum Gasteiger partial charge on any atom is 0.316 e. The summed E-state index contributed by atoms with van der Waals surface area (Å²) in [4.78, 5) is 27.9. The van der Waals surface area contributed by atoms with E-state index in [9.17, 15) is 9.59 Å². The molecule has 8 nitrogen and oxygen atoms in total. The molecule has 0 unspecified atom stereocenters. The lowest BCUT2D eigenvalue weighted by atomic mass is 10.2. The highest BCUT2D eigenvalue weighted by Crippen LogP contribution is 2.27. The highest BCUT2D eigenvalue weighted by atomic mass is 35.5. The van der Waals surface area contributed by atoms with Gasteiger partial charge < -0.3 is 19.9 Å². The molecule has 0 radical (unpaired) electrons. The predicted molar refractivity (Wildman–Crippen MR) is 112 cm³/mol. The molecule has 0 aliphatic rings. The van der Waals surface area contributed by atoms with Crippen LogP contribution in [0.1, 0.15) is 10.7 Å². The van der Waals surface area contributed by atoms with Gasteiger partial charge in [-0.25, -0.2) is 0 Å². The number of benzene rings is 2. The number of halogens is 3. The van der Waals surface area contributed by atoms with Crippen LogP contribution in [0, 0.1) is 0 Å². The minimum atomic E-state index is -0.554. The number of nitrogens with one attached hydrogen (secondary N) is 2. The molecule has 0 aliphatic carbocycles. The van der Waals surface area contributed by atoms with Gasteiger partial charge in [0.25, 0.3) is 5.91 Å². The highest BCUT2D eigenvalue weighted by molar-refractivity contribution is 6.35. The van der Waals surface area contributed by atoms with E-state index in [1.807, 2.05) is 0 Å². The van der Waals surface area contributed by atoms with Crippen LogP contribution < -0.4 is 15.4 Å². The van der Waals surface area contributed by atoms with Crippen molar-refractivity contribution >= 4 is 46.6 Å². The fraction of sp³-hybridized carbons (Fsp3) is 0.158. The van der Waals surface area contributed by atoms with Crippen molar-refractivity contribution in [2.45, 2.75) is 0 Å². The minimum absolute atomic E-state index is 0.158. The first kappa shape index (κ1) is 21.9. The number of nitrogens with zero attached hydrogens (tertiary/aromatic N) is 2. The summed E-state index contributed by atoms with van der Waals surface area (Å²) in [5.74, 6) is -0.508. The molecule has 1 heterocycles. The van der Waals surface area contributed by atoms with E-state index in [1.54, 1.807) is 36.4 Å². The van der Waals surface area contributed by atoms with Crippen molar-refractivity contribution in [3.63, 3.8) is 0 Å². The molecule has 0 bridgehead atoms. The Hall–Kier alpha value is -2.81. The van der Waals surface area contributed by atoms with E-state index in [4.69, 9.17) is 44.1 Å². The van der Waals surface area contributed by atoms with Crippen molar-refractivity contribution in [3.05, 3.63) is 63.4 Å². The van der Waals surface area contributed by atoms with Crippen LogP contribution in [-0.2, 0) is 4.79 Å². The summed E-state index contributed by atoms with van der Waals surface area (Å²) in [5, 5.41) is 10.3. The first-order valence-corrected chi connectivity index (χ1v) is 9.78. The van der Waals surface area contributed by atoms with Crippen molar-refractivity contribution in [1.82, 2.24) is 20.8 Å². The molecule has 3 rings (SSSR count). The third kappa shape index (κ3) is 6.09. The Labute approximate surface area is 186 Å². The van der Waals surface area contributed by atoms with Crippen LogP contribution in [0.3, 0.4) is 0 Å². The number of carbonyl (C=O) groups excluding carboxylic acids is 2. The summed E-state index contributed by atoms with van der Waals surface area (Å²) < 4.78 is 10.3.